The van der Waals surface area contributed by atoms with Crippen LogP contribution in [0.2, 0.25) is 0 Å². The number of carbonyl (C=O) groups excluding carboxylic acids is 1. The largest absolute Gasteiger partial charge is 0.489 e. The quantitative estimate of drug-likeness (QED) is 0.432. The third kappa shape index (κ3) is 5.00. The van der Waals surface area contributed by atoms with E-state index in [9.17, 15) is 27.9 Å². The van der Waals surface area contributed by atoms with Crippen molar-refractivity contribution in [1.29, 1.82) is 0 Å². The molecule has 6 nitrogen and oxygen atoms in total. The maximum atomic E-state index is 12.9. The van der Waals surface area contributed by atoms with Gasteiger partial charge in [0, 0.05) is 16.8 Å². The van der Waals surface area contributed by atoms with E-state index in [0.29, 0.717) is 28.3 Å². The molecule has 3 aromatic rings. The van der Waals surface area contributed by atoms with Gasteiger partial charge in [-0.1, -0.05) is 12.1 Å². The molecule has 0 saturated carbocycles. The highest BCUT2D eigenvalue weighted by Gasteiger charge is 2.33. The Morgan fingerprint density at radius 2 is 1.72 bits per heavy atom. The fraction of sp³-hybridized carbons (Fsp3) is 0.259. The van der Waals surface area contributed by atoms with E-state index < -0.39 is 23.3 Å². The lowest BCUT2D eigenvalue weighted by Gasteiger charge is -2.23. The van der Waals surface area contributed by atoms with Crippen LogP contribution in [0.15, 0.2) is 60.7 Å². The molecule has 36 heavy (non-hydrogen) atoms. The molecule has 0 atom stereocenters. The molecule has 0 fully saturated rings. The van der Waals surface area contributed by atoms with Crippen LogP contribution in [0.5, 0.6) is 11.5 Å². The second-order valence-electron chi connectivity index (χ2n) is 9.02. The average Bonchev–Trinajstić information content (AvgIpc) is 3.16. The van der Waals surface area contributed by atoms with Crippen molar-refractivity contribution in [2.45, 2.75) is 45.7 Å². The monoisotopic (exact) mass is 499 g/mol. The first-order valence-electron chi connectivity index (χ1n) is 11.1. The summed E-state index contributed by atoms with van der Waals surface area (Å²) in [4.78, 5) is 25.7. The molecule has 1 heterocycles. The standard InChI is InChI=1S/C27H24F3NO5/c1-16-13-17(7-12-22(16)36-26(2,3)25(33)34)15-35-23-6-4-5-20-21(23)14-31(24(20)32)19-10-8-18(9-11-19)27(28,29)30/h4-13H,14-15H2,1-3H3,(H,33,34). The molecule has 0 saturated heterocycles. The number of nitrogens with zero attached hydrogens (tertiary/aromatic N) is 1. The molecule has 0 spiro atoms. The number of alkyl halides is 3. The van der Waals surface area contributed by atoms with E-state index in [1.807, 2.05) is 6.07 Å². The van der Waals surface area contributed by atoms with Gasteiger partial charge in [0.15, 0.2) is 5.60 Å². The Balaban J connectivity index is 1.49. The predicted molar refractivity (Wildman–Crippen MR) is 126 cm³/mol. The summed E-state index contributed by atoms with van der Waals surface area (Å²) in [6.45, 7) is 5.10. The first-order valence-corrected chi connectivity index (χ1v) is 11.1. The van der Waals surface area contributed by atoms with Crippen LogP contribution in [0, 0.1) is 6.92 Å². The molecule has 0 bridgehead atoms. The lowest BCUT2D eigenvalue weighted by molar-refractivity contribution is -0.152. The van der Waals surface area contributed by atoms with Crippen LogP contribution in [-0.4, -0.2) is 22.6 Å². The van der Waals surface area contributed by atoms with E-state index in [2.05, 4.69) is 0 Å². The SMILES string of the molecule is Cc1cc(COc2cccc3c2CN(c2ccc(C(F)(F)F)cc2)C3=O)ccc1OC(C)(C)C(=O)O. The number of fused-ring (bicyclic) bond motifs is 1. The summed E-state index contributed by atoms with van der Waals surface area (Å²) < 4.78 is 50.3. The van der Waals surface area contributed by atoms with Crippen molar-refractivity contribution in [2.24, 2.45) is 0 Å². The van der Waals surface area contributed by atoms with E-state index in [0.717, 1.165) is 23.3 Å². The highest BCUT2D eigenvalue weighted by atomic mass is 19.4. The fourth-order valence-electron chi connectivity index (χ4n) is 3.87. The number of aryl methyl sites for hydroxylation is 1. The van der Waals surface area contributed by atoms with Crippen molar-refractivity contribution >= 4 is 17.6 Å². The highest BCUT2D eigenvalue weighted by Crippen LogP contribution is 2.36. The third-order valence-electron chi connectivity index (χ3n) is 5.94. The molecule has 9 heteroatoms. The molecular weight excluding hydrogens is 475 g/mol. The number of hydrogen-bond acceptors (Lipinski definition) is 4. The second kappa shape index (κ2) is 9.22. The predicted octanol–water partition coefficient (Wildman–Crippen LogP) is 6.00. The van der Waals surface area contributed by atoms with Gasteiger partial charge in [0.25, 0.3) is 5.91 Å². The van der Waals surface area contributed by atoms with Crippen LogP contribution in [0.25, 0.3) is 0 Å². The summed E-state index contributed by atoms with van der Waals surface area (Å²) in [7, 11) is 0. The zero-order valence-corrected chi connectivity index (χ0v) is 19.8. The van der Waals surface area contributed by atoms with Crippen LogP contribution in [0.4, 0.5) is 18.9 Å². The molecule has 3 aromatic carbocycles. The number of benzene rings is 3. The van der Waals surface area contributed by atoms with E-state index >= 15 is 0 Å². The molecule has 0 radical (unpaired) electrons. The first kappa shape index (κ1) is 25.1. The van der Waals surface area contributed by atoms with E-state index in [1.54, 1.807) is 37.3 Å². The van der Waals surface area contributed by atoms with Crippen LogP contribution < -0.4 is 14.4 Å². The van der Waals surface area contributed by atoms with Crippen molar-refractivity contribution in [3.8, 4) is 11.5 Å². The lowest BCUT2D eigenvalue weighted by Crippen LogP contribution is -2.38. The summed E-state index contributed by atoms with van der Waals surface area (Å²) >= 11 is 0. The molecule has 0 aromatic heterocycles. The first-order chi connectivity index (χ1) is 16.9. The maximum absolute atomic E-state index is 12.9. The molecule has 1 aliphatic rings. The van der Waals surface area contributed by atoms with Gasteiger partial charge >= 0.3 is 12.1 Å². The summed E-state index contributed by atoms with van der Waals surface area (Å²) in [5, 5.41) is 9.27. The van der Waals surface area contributed by atoms with Gasteiger partial charge in [0.2, 0.25) is 0 Å². The number of carbonyl (C=O) groups is 2. The third-order valence-corrected chi connectivity index (χ3v) is 5.94. The number of anilines is 1. The van der Waals surface area contributed by atoms with Gasteiger partial charge in [0.1, 0.15) is 18.1 Å². The Morgan fingerprint density at radius 1 is 1.03 bits per heavy atom. The van der Waals surface area contributed by atoms with Crippen LogP contribution >= 0.6 is 0 Å². The van der Waals surface area contributed by atoms with E-state index in [-0.39, 0.29) is 19.1 Å². The Morgan fingerprint density at radius 3 is 2.33 bits per heavy atom. The normalized spacial score (nSPS) is 13.5. The minimum atomic E-state index is -4.45. The molecule has 1 amide bonds. The van der Waals surface area contributed by atoms with Crippen molar-refractivity contribution < 1.29 is 37.3 Å². The molecule has 1 aliphatic heterocycles. The van der Waals surface area contributed by atoms with Gasteiger partial charge < -0.3 is 19.5 Å². The lowest BCUT2D eigenvalue weighted by atomic mass is 10.1. The number of rotatable bonds is 7. The van der Waals surface area contributed by atoms with E-state index in [1.165, 1.54) is 30.9 Å². The highest BCUT2D eigenvalue weighted by molar-refractivity contribution is 6.10. The molecule has 188 valence electrons. The van der Waals surface area contributed by atoms with Gasteiger partial charge in [-0.05, 0) is 80.4 Å². The summed E-state index contributed by atoms with van der Waals surface area (Å²) in [6.07, 6.45) is -4.45. The zero-order valence-electron chi connectivity index (χ0n) is 19.8. The van der Waals surface area contributed by atoms with Crippen LogP contribution in [0.3, 0.4) is 0 Å². The minimum absolute atomic E-state index is 0.172. The van der Waals surface area contributed by atoms with Gasteiger partial charge in [-0.2, -0.15) is 13.2 Å². The zero-order chi connectivity index (χ0) is 26.3. The summed E-state index contributed by atoms with van der Waals surface area (Å²) in [5.41, 5.74) is 0.856. The van der Waals surface area contributed by atoms with Gasteiger partial charge in [0.05, 0.1) is 12.1 Å². The van der Waals surface area contributed by atoms with Gasteiger partial charge in [-0.15, -0.1) is 0 Å². The second-order valence-corrected chi connectivity index (χ2v) is 9.02. The fourth-order valence-corrected chi connectivity index (χ4v) is 3.87. The number of carboxylic acid groups (broad SMARTS) is 1. The van der Waals surface area contributed by atoms with Crippen LogP contribution in [0.1, 0.15) is 46.5 Å². The molecule has 0 aliphatic carbocycles. The Hall–Kier alpha value is -4.01. The van der Waals surface area contributed by atoms with Crippen molar-refractivity contribution in [3.05, 3.63) is 88.5 Å². The minimum Gasteiger partial charge on any atom is -0.489 e. The average molecular weight is 499 g/mol. The number of ether oxygens (including phenoxy) is 2. The number of carboxylic acids is 1. The van der Waals surface area contributed by atoms with Crippen molar-refractivity contribution in [3.63, 3.8) is 0 Å². The summed E-state index contributed by atoms with van der Waals surface area (Å²) in [6, 6.07) is 14.8. The molecule has 4 rings (SSSR count). The van der Waals surface area contributed by atoms with Gasteiger partial charge in [-0.25, -0.2) is 4.79 Å². The Kier molecular flexibility index (Phi) is 6.43. The van der Waals surface area contributed by atoms with Crippen LogP contribution in [-0.2, 0) is 24.1 Å². The molecule has 0 unspecified atom stereocenters. The number of hydrogen-bond donors (Lipinski definition) is 1. The topological polar surface area (TPSA) is 76.1 Å². The number of halogens is 3. The maximum Gasteiger partial charge on any atom is 0.416 e. The van der Waals surface area contributed by atoms with Crippen molar-refractivity contribution in [1.82, 2.24) is 0 Å². The van der Waals surface area contributed by atoms with Crippen molar-refractivity contribution in [2.75, 3.05) is 4.90 Å². The number of amides is 1. The smallest absolute Gasteiger partial charge is 0.416 e. The summed E-state index contributed by atoms with van der Waals surface area (Å²) in [5.74, 6) is -0.439. The number of aliphatic carboxylic acids is 1. The Labute approximate surface area is 205 Å². The molecular formula is C27H24F3NO5. The van der Waals surface area contributed by atoms with Gasteiger partial charge in [-0.3, -0.25) is 4.79 Å². The molecule has 1 N–H and O–H groups in total. The Bertz CT molecular complexity index is 1320. The van der Waals surface area contributed by atoms with E-state index in [4.69, 9.17) is 9.47 Å².